The van der Waals surface area contributed by atoms with Crippen LogP contribution < -0.4 is 0 Å². The fourth-order valence-electron chi connectivity index (χ4n) is 4.27. The number of ether oxygens (including phenoxy) is 1. The van der Waals surface area contributed by atoms with Crippen molar-refractivity contribution < 1.29 is 17.9 Å². The van der Waals surface area contributed by atoms with E-state index in [1.807, 2.05) is 6.08 Å². The highest BCUT2D eigenvalue weighted by atomic mass is 19.3. The second kappa shape index (κ2) is 10.6. The number of rotatable bonds is 9. The van der Waals surface area contributed by atoms with Crippen LogP contribution in [0.4, 0.5) is 13.2 Å². The molecule has 2 nitrogen and oxygen atoms in total. The number of nitriles is 1. The van der Waals surface area contributed by atoms with Crippen LogP contribution in [0.2, 0.25) is 0 Å². The topological polar surface area (TPSA) is 33.0 Å². The highest BCUT2D eigenvalue weighted by Crippen LogP contribution is 2.38. The summed E-state index contributed by atoms with van der Waals surface area (Å²) in [6.07, 6.45) is 5.47. The molecule has 2 aromatic rings. The van der Waals surface area contributed by atoms with Gasteiger partial charge in [-0.1, -0.05) is 36.4 Å². The molecule has 0 aromatic heterocycles. The van der Waals surface area contributed by atoms with Gasteiger partial charge in [-0.15, -0.1) is 6.58 Å². The molecule has 164 valence electrons. The fraction of sp³-hybridized carbons (Fsp3) is 0.423. The van der Waals surface area contributed by atoms with E-state index >= 15 is 0 Å². The number of hydrogen-bond acceptors (Lipinski definition) is 2. The molecule has 1 aliphatic carbocycles. The second-order valence-corrected chi connectivity index (χ2v) is 8.25. The Balaban J connectivity index is 1.52. The summed E-state index contributed by atoms with van der Waals surface area (Å²) in [5.41, 5.74) is 1.36. The number of alkyl halides is 2. The van der Waals surface area contributed by atoms with Crippen molar-refractivity contribution in [1.82, 2.24) is 0 Å². The van der Waals surface area contributed by atoms with Gasteiger partial charge in [0.25, 0.3) is 0 Å². The van der Waals surface area contributed by atoms with Crippen molar-refractivity contribution in [2.45, 2.75) is 57.0 Å². The molecule has 0 atom stereocenters. The zero-order chi connectivity index (χ0) is 22.3. The predicted molar refractivity (Wildman–Crippen MR) is 115 cm³/mol. The minimum Gasteiger partial charge on any atom is -0.316 e. The Hall–Kier alpha value is -2.58. The third-order valence-corrected chi connectivity index (χ3v) is 6.17. The Morgan fingerprint density at radius 1 is 1.10 bits per heavy atom. The van der Waals surface area contributed by atoms with Gasteiger partial charge in [0.05, 0.1) is 17.7 Å². The summed E-state index contributed by atoms with van der Waals surface area (Å²) >= 11 is 0. The van der Waals surface area contributed by atoms with Gasteiger partial charge in [0, 0.05) is 0 Å². The Bertz CT molecular complexity index is 909. The van der Waals surface area contributed by atoms with E-state index in [0.29, 0.717) is 11.5 Å². The number of allylic oxidation sites excluding steroid dienone is 1. The van der Waals surface area contributed by atoms with Crippen LogP contribution in [0.5, 0.6) is 0 Å². The third-order valence-electron chi connectivity index (χ3n) is 6.17. The lowest BCUT2D eigenvalue weighted by atomic mass is 9.77. The van der Waals surface area contributed by atoms with Crippen molar-refractivity contribution in [3.8, 4) is 6.07 Å². The van der Waals surface area contributed by atoms with Crippen molar-refractivity contribution in [3.05, 3.63) is 83.2 Å². The lowest BCUT2D eigenvalue weighted by Crippen LogP contribution is -2.20. The van der Waals surface area contributed by atoms with Crippen LogP contribution in [0.15, 0.2) is 55.1 Å². The number of nitrogens with zero attached hydrogens (tertiary/aromatic N) is 1. The van der Waals surface area contributed by atoms with E-state index in [0.717, 1.165) is 30.7 Å². The largest absolute Gasteiger partial charge is 0.383 e. The third kappa shape index (κ3) is 6.21. The highest BCUT2D eigenvalue weighted by Gasteiger charge is 2.33. The molecule has 31 heavy (non-hydrogen) atoms. The van der Waals surface area contributed by atoms with Crippen molar-refractivity contribution in [3.63, 3.8) is 0 Å². The first-order chi connectivity index (χ1) is 14.9. The van der Waals surface area contributed by atoms with Crippen LogP contribution in [-0.4, -0.2) is 6.61 Å². The van der Waals surface area contributed by atoms with Crippen LogP contribution in [0.3, 0.4) is 0 Å². The van der Waals surface area contributed by atoms with Gasteiger partial charge >= 0.3 is 6.11 Å². The Morgan fingerprint density at radius 2 is 1.81 bits per heavy atom. The summed E-state index contributed by atoms with van der Waals surface area (Å²) < 4.78 is 47.4. The summed E-state index contributed by atoms with van der Waals surface area (Å²) in [6.45, 7) is 3.53. The molecule has 0 bridgehead atoms. The van der Waals surface area contributed by atoms with Crippen molar-refractivity contribution in [2.75, 3.05) is 6.61 Å². The minimum atomic E-state index is -3.41. The molecule has 5 heteroatoms. The first-order valence-corrected chi connectivity index (χ1v) is 10.8. The minimum absolute atomic E-state index is 0.0691. The van der Waals surface area contributed by atoms with Crippen LogP contribution >= 0.6 is 0 Å². The van der Waals surface area contributed by atoms with Crippen LogP contribution in [0.25, 0.3) is 0 Å². The van der Waals surface area contributed by atoms with Gasteiger partial charge in [-0.05, 0) is 80.0 Å². The standard InChI is InChI=1S/C26H28F3NO/c1-2-3-4-19-5-8-21(9-6-19)22-11-13-24(14-12-22)26(28,29)31-16-15-20-7-10-23(18-30)25(27)17-20/h2,7,10-14,17,19,21H,1,3-6,8-9,15-16H2/t19-,21-. The van der Waals surface area contributed by atoms with Crippen LogP contribution in [0.1, 0.15) is 66.7 Å². The lowest BCUT2D eigenvalue weighted by Gasteiger charge is -2.29. The molecule has 0 radical (unpaired) electrons. The monoisotopic (exact) mass is 427 g/mol. The van der Waals surface area contributed by atoms with Gasteiger partial charge in [0.15, 0.2) is 0 Å². The summed E-state index contributed by atoms with van der Waals surface area (Å²) in [4.78, 5) is 0. The number of halogens is 3. The van der Waals surface area contributed by atoms with E-state index in [9.17, 15) is 13.2 Å². The van der Waals surface area contributed by atoms with Gasteiger partial charge in [-0.25, -0.2) is 4.39 Å². The molecule has 0 heterocycles. The molecule has 3 rings (SSSR count). The van der Waals surface area contributed by atoms with Gasteiger partial charge in [-0.3, -0.25) is 0 Å². The van der Waals surface area contributed by atoms with Crippen molar-refractivity contribution >= 4 is 0 Å². The van der Waals surface area contributed by atoms with E-state index in [1.165, 1.54) is 43.5 Å². The predicted octanol–water partition coefficient (Wildman–Crippen LogP) is 7.25. The lowest BCUT2D eigenvalue weighted by molar-refractivity contribution is -0.248. The molecule has 0 unspecified atom stereocenters. The number of hydrogen-bond donors (Lipinski definition) is 0. The Labute approximate surface area is 182 Å². The SMILES string of the molecule is C=CCC[C@H]1CC[C@H](c2ccc(C(F)(F)OCCc3ccc(C#N)c(F)c3)cc2)CC1. The summed E-state index contributed by atoms with van der Waals surface area (Å²) in [6, 6.07) is 12.3. The molecule has 0 spiro atoms. The molecular formula is C26H28F3NO. The van der Waals surface area contributed by atoms with Crippen molar-refractivity contribution in [2.24, 2.45) is 5.92 Å². The normalized spacial score (nSPS) is 19.0. The average molecular weight is 428 g/mol. The Kier molecular flexibility index (Phi) is 7.92. The maximum Gasteiger partial charge on any atom is 0.383 e. The first kappa shape index (κ1) is 23.1. The zero-order valence-electron chi connectivity index (χ0n) is 17.6. The first-order valence-electron chi connectivity index (χ1n) is 10.8. The van der Waals surface area contributed by atoms with E-state index in [2.05, 4.69) is 6.58 Å². The maximum atomic E-state index is 14.5. The van der Waals surface area contributed by atoms with Gasteiger partial charge in [0.2, 0.25) is 0 Å². The molecule has 2 aromatic carbocycles. The van der Waals surface area contributed by atoms with E-state index in [1.54, 1.807) is 24.3 Å². The molecule has 1 aliphatic rings. The molecule has 0 saturated heterocycles. The Morgan fingerprint density at radius 3 is 2.42 bits per heavy atom. The fourth-order valence-corrected chi connectivity index (χ4v) is 4.27. The second-order valence-electron chi connectivity index (χ2n) is 8.25. The van der Waals surface area contributed by atoms with Gasteiger partial charge < -0.3 is 4.74 Å². The van der Waals surface area contributed by atoms with Crippen LogP contribution in [-0.2, 0) is 17.3 Å². The van der Waals surface area contributed by atoms with E-state index in [4.69, 9.17) is 10.00 Å². The molecule has 1 fully saturated rings. The maximum absolute atomic E-state index is 14.5. The zero-order valence-corrected chi connectivity index (χ0v) is 17.6. The van der Waals surface area contributed by atoms with Gasteiger partial charge in [0.1, 0.15) is 11.9 Å². The summed E-state index contributed by atoms with van der Waals surface area (Å²) in [5.74, 6) is 0.516. The smallest absolute Gasteiger partial charge is 0.316 e. The highest BCUT2D eigenvalue weighted by molar-refractivity contribution is 5.33. The van der Waals surface area contributed by atoms with Crippen LogP contribution in [0, 0.1) is 23.1 Å². The number of benzene rings is 2. The molecule has 0 amide bonds. The summed E-state index contributed by atoms with van der Waals surface area (Å²) in [5, 5.41) is 8.75. The van der Waals surface area contributed by atoms with E-state index < -0.39 is 11.9 Å². The van der Waals surface area contributed by atoms with Gasteiger partial charge in [-0.2, -0.15) is 14.0 Å². The van der Waals surface area contributed by atoms with E-state index in [-0.39, 0.29) is 24.2 Å². The molecule has 1 saturated carbocycles. The summed E-state index contributed by atoms with van der Waals surface area (Å²) in [7, 11) is 0. The molecular weight excluding hydrogens is 399 g/mol. The average Bonchev–Trinajstić information content (AvgIpc) is 2.78. The quantitative estimate of drug-likeness (QED) is 0.395. The van der Waals surface area contributed by atoms with Crippen molar-refractivity contribution in [1.29, 1.82) is 5.26 Å². The molecule has 0 N–H and O–H groups in total. The molecule has 0 aliphatic heterocycles.